The van der Waals surface area contributed by atoms with Crippen molar-refractivity contribution in [2.75, 3.05) is 30.9 Å². The Morgan fingerprint density at radius 3 is 2.21 bits per heavy atom. The van der Waals surface area contributed by atoms with Gasteiger partial charge in [0.25, 0.3) is 0 Å². The molecule has 1 fully saturated rings. The highest BCUT2D eigenvalue weighted by molar-refractivity contribution is 7.21. The molecule has 1 aliphatic carbocycles. The first kappa shape index (κ1) is 37.3. The molecular formula is C33H50N8O6S. The van der Waals surface area contributed by atoms with Crippen molar-refractivity contribution in [2.24, 2.45) is 29.2 Å². The second-order valence-corrected chi connectivity index (χ2v) is 14.7. The van der Waals surface area contributed by atoms with E-state index in [2.05, 4.69) is 15.6 Å². The summed E-state index contributed by atoms with van der Waals surface area (Å²) in [6.45, 7) is 15.2. The SMILES string of the molecule is COCCNc1nc(C)c(-c2nc3c(C)nccc3s2)c(N[C@@H]2C[C@H](C(C)(C)O)[C@@H](OC(=O)C(N)C(C)C)[C@H]2OC(=O)C(N)C(C)C)n1. The molecule has 0 spiro atoms. The molecule has 2 unspecified atom stereocenters. The van der Waals surface area contributed by atoms with Gasteiger partial charge < -0.3 is 41.4 Å². The van der Waals surface area contributed by atoms with Crippen LogP contribution in [0.1, 0.15) is 59.4 Å². The van der Waals surface area contributed by atoms with Crippen molar-refractivity contribution in [2.45, 2.75) is 97.7 Å². The van der Waals surface area contributed by atoms with Gasteiger partial charge in [0.15, 0.2) is 6.10 Å². The highest BCUT2D eigenvalue weighted by Crippen LogP contribution is 2.42. The maximum atomic E-state index is 13.4. The highest BCUT2D eigenvalue weighted by atomic mass is 32.1. The average molecular weight is 687 g/mol. The number of anilines is 2. The fourth-order valence-electron chi connectivity index (χ4n) is 5.64. The molecule has 14 nitrogen and oxygen atoms in total. The Labute approximate surface area is 285 Å². The number of nitrogens with zero attached hydrogens (tertiary/aromatic N) is 4. The number of nitrogens with two attached hydrogens (primary N) is 2. The van der Waals surface area contributed by atoms with Gasteiger partial charge in [-0.1, -0.05) is 27.7 Å². The zero-order valence-corrected chi connectivity index (χ0v) is 30.1. The third-order valence-corrected chi connectivity index (χ3v) is 9.76. The molecule has 6 atom stereocenters. The number of esters is 2. The summed E-state index contributed by atoms with van der Waals surface area (Å²) in [6, 6.07) is -0.598. The largest absolute Gasteiger partial charge is 0.457 e. The van der Waals surface area contributed by atoms with Crippen molar-refractivity contribution >= 4 is 45.3 Å². The molecule has 0 saturated heterocycles. The molecule has 0 aliphatic heterocycles. The van der Waals surface area contributed by atoms with E-state index in [1.807, 2.05) is 47.6 Å². The van der Waals surface area contributed by atoms with Crippen molar-refractivity contribution in [1.82, 2.24) is 19.9 Å². The van der Waals surface area contributed by atoms with E-state index >= 15 is 0 Å². The molecule has 4 rings (SSSR count). The molecule has 0 aromatic carbocycles. The van der Waals surface area contributed by atoms with Gasteiger partial charge in [-0.3, -0.25) is 14.6 Å². The summed E-state index contributed by atoms with van der Waals surface area (Å²) in [5.74, 6) is -1.58. The molecule has 0 amide bonds. The molecule has 15 heteroatoms. The number of methoxy groups -OCH3 is 1. The lowest BCUT2D eigenvalue weighted by molar-refractivity contribution is -0.176. The minimum atomic E-state index is -1.33. The Bertz CT molecular complexity index is 1590. The van der Waals surface area contributed by atoms with Gasteiger partial charge in [0, 0.05) is 25.8 Å². The number of ether oxygens (including phenoxy) is 3. The average Bonchev–Trinajstić information content (AvgIpc) is 3.58. The third-order valence-electron chi connectivity index (χ3n) is 8.72. The molecule has 48 heavy (non-hydrogen) atoms. The van der Waals surface area contributed by atoms with Crippen molar-refractivity contribution < 1.29 is 28.9 Å². The molecule has 1 saturated carbocycles. The van der Waals surface area contributed by atoms with E-state index in [0.29, 0.717) is 41.2 Å². The van der Waals surface area contributed by atoms with Crippen molar-refractivity contribution in [3.63, 3.8) is 0 Å². The Kier molecular flexibility index (Phi) is 11.9. The van der Waals surface area contributed by atoms with Crippen LogP contribution in [0.25, 0.3) is 20.8 Å². The number of carbonyl (C=O) groups is 2. The van der Waals surface area contributed by atoms with Gasteiger partial charge in [0.05, 0.1) is 39.9 Å². The lowest BCUT2D eigenvalue weighted by atomic mass is 9.87. The van der Waals surface area contributed by atoms with Crippen LogP contribution in [-0.2, 0) is 23.8 Å². The second kappa shape index (κ2) is 15.4. The summed E-state index contributed by atoms with van der Waals surface area (Å²) in [5.41, 5.74) is 13.9. The summed E-state index contributed by atoms with van der Waals surface area (Å²) in [6.07, 6.45) is -0.0829. The molecule has 3 aromatic rings. The molecule has 3 aromatic heterocycles. The first-order valence-electron chi connectivity index (χ1n) is 16.3. The summed E-state index contributed by atoms with van der Waals surface area (Å²) in [5, 5.41) is 18.7. The van der Waals surface area contributed by atoms with Gasteiger partial charge in [-0.05, 0) is 52.0 Å². The topological polar surface area (TPSA) is 210 Å². The molecule has 7 N–H and O–H groups in total. The molecule has 1 aliphatic rings. The quantitative estimate of drug-likeness (QED) is 0.122. The smallest absolute Gasteiger partial charge is 0.323 e. The number of nitrogens with one attached hydrogen (secondary N) is 2. The molecule has 0 radical (unpaired) electrons. The van der Waals surface area contributed by atoms with E-state index in [-0.39, 0.29) is 18.3 Å². The summed E-state index contributed by atoms with van der Waals surface area (Å²) in [4.78, 5) is 45.5. The summed E-state index contributed by atoms with van der Waals surface area (Å²) < 4.78 is 18.3. The van der Waals surface area contributed by atoms with Gasteiger partial charge >= 0.3 is 11.9 Å². The lowest BCUT2D eigenvalue weighted by Gasteiger charge is -2.33. The molecule has 0 bridgehead atoms. The number of thiazole rings is 1. The van der Waals surface area contributed by atoms with Crippen LogP contribution >= 0.6 is 11.3 Å². The Morgan fingerprint density at radius 1 is 1.02 bits per heavy atom. The zero-order valence-electron chi connectivity index (χ0n) is 29.2. The molecular weight excluding hydrogens is 636 g/mol. The fraction of sp³-hybridized carbons (Fsp3) is 0.636. The van der Waals surface area contributed by atoms with Gasteiger partial charge in [0.1, 0.15) is 34.5 Å². The minimum absolute atomic E-state index is 0.202. The first-order chi connectivity index (χ1) is 22.5. The number of aliphatic hydroxyl groups is 1. The zero-order chi connectivity index (χ0) is 35.5. The van der Waals surface area contributed by atoms with Crippen LogP contribution in [0.4, 0.5) is 11.8 Å². The number of aryl methyl sites for hydroxylation is 2. The monoisotopic (exact) mass is 686 g/mol. The van der Waals surface area contributed by atoms with E-state index in [9.17, 15) is 14.7 Å². The third kappa shape index (κ3) is 8.37. The van der Waals surface area contributed by atoms with E-state index in [0.717, 1.165) is 15.9 Å². The number of aromatic nitrogens is 4. The number of carbonyl (C=O) groups excluding carboxylic acids is 2. The number of hydrogen-bond donors (Lipinski definition) is 5. The van der Waals surface area contributed by atoms with Crippen LogP contribution in [0.15, 0.2) is 12.3 Å². The van der Waals surface area contributed by atoms with E-state index in [4.69, 9.17) is 40.6 Å². The highest BCUT2D eigenvalue weighted by Gasteiger charge is 2.54. The number of hydrogen-bond acceptors (Lipinski definition) is 15. The Hall–Kier alpha value is -3.50. The normalized spacial score (nSPS) is 21.0. The number of rotatable bonds is 14. The molecule has 264 valence electrons. The number of pyridine rings is 1. The van der Waals surface area contributed by atoms with Crippen LogP contribution in [-0.4, -0.2) is 93.2 Å². The molecule has 3 heterocycles. The van der Waals surface area contributed by atoms with Crippen molar-refractivity contribution in [1.29, 1.82) is 0 Å². The first-order valence-corrected chi connectivity index (χ1v) is 17.1. The van der Waals surface area contributed by atoms with Crippen molar-refractivity contribution in [3.8, 4) is 10.6 Å². The van der Waals surface area contributed by atoms with Gasteiger partial charge in [-0.15, -0.1) is 11.3 Å². The van der Waals surface area contributed by atoms with Gasteiger partial charge in [-0.25, -0.2) is 9.97 Å². The summed E-state index contributed by atoms with van der Waals surface area (Å²) in [7, 11) is 1.61. The standard InChI is InChI=1S/C33H50N8O6S/c1-15(2)23(34)30(42)46-26-19(33(7,8)44)14-20(27(26)47-31(43)24(35)16(3)4)39-28-22(17(5)38-32(41-28)37-12-13-45-9)29-40-25-18(6)36-11-10-21(25)48-29/h10-11,15-16,19-20,23-24,26-27,44H,12-14,34-35H2,1-9H3,(H2,37,38,39,41)/t19-,20+,23?,24?,26+,27-/m0/s1. The minimum Gasteiger partial charge on any atom is -0.457 e. The van der Waals surface area contributed by atoms with E-state index in [1.165, 1.54) is 11.3 Å². The van der Waals surface area contributed by atoms with Crippen LogP contribution in [0.3, 0.4) is 0 Å². The van der Waals surface area contributed by atoms with Crippen LogP contribution < -0.4 is 22.1 Å². The predicted octanol–water partition coefficient (Wildman–Crippen LogP) is 3.18. The van der Waals surface area contributed by atoms with Crippen LogP contribution in [0, 0.1) is 31.6 Å². The van der Waals surface area contributed by atoms with Crippen LogP contribution in [0.2, 0.25) is 0 Å². The maximum Gasteiger partial charge on any atom is 0.323 e. The van der Waals surface area contributed by atoms with Crippen LogP contribution in [0.5, 0.6) is 0 Å². The van der Waals surface area contributed by atoms with Gasteiger partial charge in [0.2, 0.25) is 5.95 Å². The van der Waals surface area contributed by atoms with Gasteiger partial charge in [-0.2, -0.15) is 4.98 Å². The Morgan fingerprint density at radius 2 is 1.65 bits per heavy atom. The lowest BCUT2D eigenvalue weighted by Crippen LogP contribution is -2.50. The van der Waals surface area contributed by atoms with E-state index < -0.39 is 53.8 Å². The second-order valence-electron chi connectivity index (χ2n) is 13.6. The Balaban J connectivity index is 1.83. The number of fused-ring (bicyclic) bond motifs is 1. The predicted molar refractivity (Wildman–Crippen MR) is 185 cm³/mol. The maximum absolute atomic E-state index is 13.4. The van der Waals surface area contributed by atoms with Crippen molar-refractivity contribution in [3.05, 3.63) is 23.7 Å². The fourth-order valence-corrected chi connectivity index (χ4v) is 6.75. The summed E-state index contributed by atoms with van der Waals surface area (Å²) >= 11 is 1.48. The van der Waals surface area contributed by atoms with E-state index in [1.54, 1.807) is 27.2 Å².